The van der Waals surface area contributed by atoms with Crippen LogP contribution < -0.4 is 21.1 Å². The maximum Gasteiger partial charge on any atom is 0.307 e. The van der Waals surface area contributed by atoms with Gasteiger partial charge in [0.25, 0.3) is 0 Å². The predicted molar refractivity (Wildman–Crippen MR) is 338 cm³/mol. The number of aliphatic hydroxyl groups is 2. The van der Waals surface area contributed by atoms with Crippen molar-refractivity contribution in [1.29, 1.82) is 0 Å². The van der Waals surface area contributed by atoms with Crippen molar-refractivity contribution in [1.82, 2.24) is 10.6 Å². The largest absolute Gasteiger partial charge is 0.481 e. The summed E-state index contributed by atoms with van der Waals surface area (Å²) < 4.78 is 0. The van der Waals surface area contributed by atoms with Gasteiger partial charge in [-0.25, -0.2) is 0 Å². The highest BCUT2D eigenvalue weighted by Gasteiger charge is 2.83. The fourth-order valence-electron chi connectivity index (χ4n) is 23.2. The van der Waals surface area contributed by atoms with Crippen molar-refractivity contribution in [2.75, 3.05) is 18.8 Å². The number of hydrogen-bond acceptors (Lipinski definition) is 7. The summed E-state index contributed by atoms with van der Waals surface area (Å²) in [7, 11) is 4.08. The van der Waals surface area contributed by atoms with Gasteiger partial charge in [0.1, 0.15) is 0 Å². The number of aliphatic hydroxyl groups excluding tert-OH is 2. The zero-order valence-electron chi connectivity index (χ0n) is 49.0. The van der Waals surface area contributed by atoms with Gasteiger partial charge in [0, 0.05) is 63.5 Å². The molecule has 0 saturated heterocycles. The Morgan fingerprint density at radius 2 is 1.66 bits per heavy atom. The zero-order valence-corrected chi connectivity index (χ0v) is 50.7. The summed E-state index contributed by atoms with van der Waals surface area (Å²) in [6, 6.07) is 27.9. The molecule has 0 radical (unpaired) electrons. The number of allylic oxidation sites excluding steroid dienone is 10. The molecule has 3 spiro atoms. The number of aliphatic carboxylic acids is 1. The van der Waals surface area contributed by atoms with Crippen molar-refractivity contribution in [2.45, 2.75) is 141 Å². The molecule has 432 valence electrons. The second kappa shape index (κ2) is 19.6. The van der Waals surface area contributed by atoms with Gasteiger partial charge in [-0.3, -0.25) is 4.79 Å². The van der Waals surface area contributed by atoms with Gasteiger partial charge in [0.2, 0.25) is 0 Å². The molecule has 0 aromatic heterocycles. The van der Waals surface area contributed by atoms with Crippen molar-refractivity contribution in [3.8, 4) is 0 Å². The summed E-state index contributed by atoms with van der Waals surface area (Å²) in [5.41, 5.74) is 11.2. The van der Waals surface area contributed by atoms with Crippen molar-refractivity contribution in [2.24, 2.45) is 85.8 Å². The standard InChI is InChI=1S/C75H86N2O4S2/c1-45-23-25-59(68(80)81)75-32-27-56-53-36-49-17-7-8-19-52(49)43-82-83-44-63-67-62(38-60(56)71(75,3)73(67,39-53)41-65(75)79)74-31-28-64(78)70(2)29-13-30-72(63,69(70)74)40-58-57(55-21-10-9-18-50(55)37-61(58)74)35-46-14-11-20-48(34-46)51-24-26-66(77-42-51)76-33-12-22-54(45)47-15-5-4-6-16-47/h7-11,13-14,17-21,24,26-27,30,32,34,37,40,47,53-54,56,59-61,63-65,69,76-79H,1,4-6,12,15-16,22-23,25,28-29,31,33,35-36,38-39,41-44H2,2-3H3,(H,80,81)/t53-,54+,56-,59-,60+,61-,63-,64-,65+,69+,70+,71-,72+,73-,74-,75-/m0/s1. The number of benzene rings is 3. The number of fused-ring (bicyclic) bond motifs is 4. The van der Waals surface area contributed by atoms with Crippen molar-refractivity contribution >= 4 is 44.8 Å². The zero-order chi connectivity index (χ0) is 56.3. The van der Waals surface area contributed by atoms with E-state index in [1.807, 2.05) is 10.8 Å². The minimum Gasteiger partial charge on any atom is -0.481 e. The Morgan fingerprint density at radius 1 is 0.819 bits per heavy atom. The van der Waals surface area contributed by atoms with Crippen LogP contribution in [0.5, 0.6) is 0 Å². The molecule has 4 saturated carbocycles. The number of carboxylic acids is 1. The molecule has 83 heavy (non-hydrogen) atoms. The highest BCUT2D eigenvalue weighted by molar-refractivity contribution is 8.76. The maximum atomic E-state index is 14.9. The van der Waals surface area contributed by atoms with Gasteiger partial charge in [-0.05, 0) is 186 Å². The lowest BCUT2D eigenvalue weighted by molar-refractivity contribution is -0.200. The van der Waals surface area contributed by atoms with Crippen LogP contribution in [0.15, 0.2) is 150 Å². The second-order valence-electron chi connectivity index (χ2n) is 29.2. The predicted octanol–water partition coefficient (Wildman–Crippen LogP) is 13.6. The van der Waals surface area contributed by atoms with Crippen LogP contribution in [0, 0.1) is 85.8 Å². The number of carboxylic acid groups (broad SMARTS) is 1. The molecule has 0 unspecified atom stereocenters. The number of dihydropyridines is 1. The summed E-state index contributed by atoms with van der Waals surface area (Å²) in [4.78, 5) is 14.9. The second-order valence-corrected chi connectivity index (χ2v) is 31.7. The highest BCUT2D eigenvalue weighted by atomic mass is 33.1. The van der Waals surface area contributed by atoms with Crippen LogP contribution in [0.1, 0.15) is 132 Å². The van der Waals surface area contributed by atoms with E-state index in [9.17, 15) is 20.1 Å². The van der Waals surface area contributed by atoms with E-state index >= 15 is 0 Å². The summed E-state index contributed by atoms with van der Waals surface area (Å²) in [5, 5.41) is 49.3. The number of hydrogen-bond donors (Lipinski definition) is 5. The lowest BCUT2D eigenvalue weighted by atomic mass is 9.26. The average molecular weight is 1140 g/mol. The van der Waals surface area contributed by atoms with Gasteiger partial charge in [0.05, 0.1) is 23.9 Å². The molecule has 10 aliphatic carbocycles. The van der Waals surface area contributed by atoms with Crippen LogP contribution in [0.2, 0.25) is 0 Å². The molecular formula is C75H86N2O4S2. The molecule has 7 aliphatic heterocycles. The van der Waals surface area contributed by atoms with Crippen LogP contribution in [-0.4, -0.2) is 52.3 Å². The first kappa shape index (κ1) is 53.7. The van der Waals surface area contributed by atoms with Crippen molar-refractivity contribution in [3.05, 3.63) is 183 Å². The summed E-state index contributed by atoms with van der Waals surface area (Å²) >= 11 is 0. The smallest absolute Gasteiger partial charge is 0.307 e. The average Bonchev–Trinajstić information content (AvgIpc) is 1.69. The molecular weight excluding hydrogens is 1060 g/mol. The van der Waals surface area contributed by atoms with E-state index in [1.165, 1.54) is 87.1 Å². The van der Waals surface area contributed by atoms with Crippen LogP contribution in [0.3, 0.4) is 0 Å². The molecule has 5 N–H and O–H groups in total. The van der Waals surface area contributed by atoms with Gasteiger partial charge in [-0.15, -0.1) is 0 Å². The van der Waals surface area contributed by atoms with Gasteiger partial charge >= 0.3 is 5.97 Å². The molecule has 16 atom stereocenters. The minimum atomic E-state index is -0.969. The molecule has 17 aliphatic rings. The Kier molecular flexibility index (Phi) is 12.7. The van der Waals surface area contributed by atoms with Crippen molar-refractivity contribution < 1.29 is 20.1 Å². The van der Waals surface area contributed by atoms with E-state index in [2.05, 4.69) is 157 Å². The lowest BCUT2D eigenvalue weighted by Crippen LogP contribution is -2.73. The number of rotatable bonds is 2. The van der Waals surface area contributed by atoms with Gasteiger partial charge in [0.15, 0.2) is 0 Å². The Morgan fingerprint density at radius 3 is 2.51 bits per heavy atom. The van der Waals surface area contributed by atoms with E-state index in [1.54, 1.807) is 11.1 Å². The SMILES string of the molecule is C=C1CC[C@@H](C(=O)O)[C@]23C=C[C@H]4[C@H]5Cc6ccccc6CSSC[C@H]6C7=C(C[C@H]4[C@@]2(C)[C@@]7(C5)C[C@H]3O)[C@]23CC[C@H](O)[C@@]4(C)CC=C[C@]6(C=C5C(=c6ccccc6=C[C@@H]52)Cc2cccc(c2)C2=CC=C(NCCC[C@H]1C1CCCCC1)NC2)[C@@H]43. The lowest BCUT2D eigenvalue weighted by Gasteiger charge is -2.77. The molecule has 20 rings (SSSR count). The number of nitrogens with one attached hydrogen (secondary N) is 2. The first-order chi connectivity index (χ1) is 40.3. The topological polar surface area (TPSA) is 102 Å². The molecule has 6 nitrogen and oxygen atoms in total. The van der Waals surface area contributed by atoms with Crippen LogP contribution >= 0.6 is 21.6 Å². The normalized spacial score (nSPS) is 42.0. The molecule has 7 heterocycles. The summed E-state index contributed by atoms with van der Waals surface area (Å²) in [6.07, 6.45) is 35.2. The van der Waals surface area contributed by atoms with Crippen LogP contribution in [0.4, 0.5) is 0 Å². The highest BCUT2D eigenvalue weighted by Crippen LogP contribution is 2.88. The third kappa shape index (κ3) is 7.40. The summed E-state index contributed by atoms with van der Waals surface area (Å²) in [5.74, 6) is 3.36. The van der Waals surface area contributed by atoms with E-state index in [0.29, 0.717) is 37.0 Å². The monoisotopic (exact) mass is 1140 g/mol. The molecule has 3 aromatic carbocycles. The maximum absolute atomic E-state index is 14.9. The fourth-order valence-corrected chi connectivity index (χ4v) is 25.7. The van der Waals surface area contributed by atoms with E-state index in [-0.39, 0.29) is 40.4 Å². The quantitative estimate of drug-likeness (QED) is 0.128. The molecule has 3 aromatic rings. The van der Waals surface area contributed by atoms with Gasteiger partial charge in [-0.1, -0.05) is 193 Å². The Bertz CT molecular complexity index is 3560. The number of carbonyl (C=O) groups is 1. The van der Waals surface area contributed by atoms with Crippen molar-refractivity contribution in [3.63, 3.8) is 0 Å². The third-order valence-electron chi connectivity index (χ3n) is 26.3. The third-order valence-corrected chi connectivity index (χ3v) is 28.7. The Balaban J connectivity index is 0.955. The summed E-state index contributed by atoms with van der Waals surface area (Å²) in [6.45, 7) is 11.6. The molecule has 8 heteroatoms. The Labute approximate surface area is 500 Å². The van der Waals surface area contributed by atoms with E-state index in [0.717, 1.165) is 88.2 Å². The Hall–Kier alpha value is -4.73. The van der Waals surface area contributed by atoms with Crippen LogP contribution in [0.25, 0.3) is 17.2 Å². The van der Waals surface area contributed by atoms with E-state index < -0.39 is 45.8 Å². The van der Waals surface area contributed by atoms with Crippen LogP contribution in [-0.2, 0) is 23.4 Å². The van der Waals surface area contributed by atoms with Gasteiger partial charge in [-0.2, -0.15) is 0 Å². The van der Waals surface area contributed by atoms with Gasteiger partial charge < -0.3 is 26.0 Å². The van der Waals surface area contributed by atoms with E-state index in [4.69, 9.17) is 6.58 Å². The fraction of sp³-hybridized carbons (Fsp3) is 0.533. The molecule has 0 amide bonds. The minimum absolute atomic E-state index is 0.0825. The first-order valence-electron chi connectivity index (χ1n) is 32.5. The first-order valence-corrected chi connectivity index (χ1v) is 35.0. The molecule has 18 bridgehead atoms. The molecule has 4 fully saturated rings.